The number of carbonyl (C=O) groups excluding carboxylic acids is 2. The van der Waals surface area contributed by atoms with Gasteiger partial charge in [-0.05, 0) is 45.1 Å². The molecule has 1 N–H and O–H groups in total. The second kappa shape index (κ2) is 7.85. The Bertz CT molecular complexity index is 1190. The van der Waals surface area contributed by atoms with E-state index in [0.29, 0.717) is 17.2 Å². The summed E-state index contributed by atoms with van der Waals surface area (Å²) in [5.74, 6) is -0.402. The number of aromatic nitrogens is 1. The van der Waals surface area contributed by atoms with Crippen molar-refractivity contribution >= 4 is 39.6 Å². The number of amides is 2. The smallest absolute Gasteiger partial charge is 0.255 e. The van der Waals surface area contributed by atoms with Crippen molar-refractivity contribution in [1.29, 1.82) is 0 Å². The fourth-order valence-electron chi connectivity index (χ4n) is 3.71. The number of nitrogens with one attached hydrogen (secondary N) is 1. The Labute approximate surface area is 181 Å². The highest BCUT2D eigenvalue weighted by molar-refractivity contribution is 7.13. The quantitative estimate of drug-likeness (QED) is 0.472. The Balaban J connectivity index is 1.49. The van der Waals surface area contributed by atoms with Gasteiger partial charge in [-0.25, -0.2) is 4.98 Å². The van der Waals surface area contributed by atoms with Crippen molar-refractivity contribution in [2.75, 3.05) is 5.32 Å². The van der Waals surface area contributed by atoms with E-state index in [1.165, 1.54) is 11.3 Å². The third-order valence-corrected chi connectivity index (χ3v) is 6.51. The zero-order valence-corrected chi connectivity index (χ0v) is 17.5. The first-order valence-electron chi connectivity index (χ1n) is 9.42. The van der Waals surface area contributed by atoms with Gasteiger partial charge in [0.2, 0.25) is 0 Å². The summed E-state index contributed by atoms with van der Waals surface area (Å²) < 4.78 is 0. The highest BCUT2D eigenvalue weighted by Gasteiger charge is 2.37. The van der Waals surface area contributed by atoms with Crippen LogP contribution in [-0.2, 0) is 11.3 Å². The Morgan fingerprint density at radius 2 is 1.93 bits per heavy atom. The van der Waals surface area contributed by atoms with Crippen LogP contribution in [0.3, 0.4) is 0 Å². The lowest BCUT2D eigenvalue weighted by molar-refractivity contribution is -0.120. The minimum atomic E-state index is -0.736. The SMILES string of the molecule is O=C(Nc1nccs1)C(c1ccccc1)N1Cc2ccc(-c3ccsc3)cc2C1=O. The second-order valence-corrected chi connectivity index (χ2v) is 8.63. The molecule has 2 aromatic heterocycles. The maximum Gasteiger partial charge on any atom is 0.255 e. The lowest BCUT2D eigenvalue weighted by Crippen LogP contribution is -2.37. The molecule has 5 nitrogen and oxygen atoms in total. The standard InChI is InChI=1S/C23H17N3O2S2/c27-21(25-23-24-9-11-30-23)20(15-4-2-1-3-5-15)26-13-17-7-6-16(12-19(17)22(26)28)18-8-10-29-14-18/h1-12,14,20H,13H2,(H,24,25,27). The van der Waals surface area contributed by atoms with E-state index >= 15 is 0 Å². The number of hydrogen-bond donors (Lipinski definition) is 1. The molecule has 148 valence electrons. The molecule has 1 aliphatic rings. The Morgan fingerprint density at radius 1 is 1.07 bits per heavy atom. The lowest BCUT2D eigenvalue weighted by Gasteiger charge is -2.27. The Kier molecular flexibility index (Phi) is 4.90. The van der Waals surface area contributed by atoms with Crippen molar-refractivity contribution in [3.8, 4) is 11.1 Å². The van der Waals surface area contributed by atoms with E-state index in [0.717, 1.165) is 22.3 Å². The molecule has 0 spiro atoms. The van der Waals surface area contributed by atoms with E-state index in [-0.39, 0.29) is 11.8 Å². The topological polar surface area (TPSA) is 62.3 Å². The molecule has 7 heteroatoms. The summed E-state index contributed by atoms with van der Waals surface area (Å²) in [7, 11) is 0. The lowest BCUT2D eigenvalue weighted by atomic mass is 10.0. The summed E-state index contributed by atoms with van der Waals surface area (Å²) in [6.45, 7) is 0.392. The van der Waals surface area contributed by atoms with Crippen LogP contribution >= 0.6 is 22.7 Å². The van der Waals surface area contributed by atoms with Crippen molar-refractivity contribution in [2.45, 2.75) is 12.6 Å². The summed E-state index contributed by atoms with van der Waals surface area (Å²) in [6, 6.07) is 16.7. The molecule has 2 aromatic carbocycles. The van der Waals surface area contributed by atoms with E-state index in [2.05, 4.69) is 15.7 Å². The van der Waals surface area contributed by atoms with Crippen LogP contribution in [0.2, 0.25) is 0 Å². The summed E-state index contributed by atoms with van der Waals surface area (Å²) in [6.07, 6.45) is 1.64. The van der Waals surface area contributed by atoms with Gasteiger partial charge in [0.25, 0.3) is 11.8 Å². The molecule has 0 fully saturated rings. The molecular formula is C23H17N3O2S2. The number of hydrogen-bond acceptors (Lipinski definition) is 5. The highest BCUT2D eigenvalue weighted by Crippen LogP contribution is 2.35. The molecule has 30 heavy (non-hydrogen) atoms. The molecule has 0 bridgehead atoms. The largest absolute Gasteiger partial charge is 0.318 e. The van der Waals surface area contributed by atoms with Crippen LogP contribution in [0.15, 0.2) is 76.9 Å². The fraction of sp³-hybridized carbons (Fsp3) is 0.0870. The van der Waals surface area contributed by atoms with E-state index in [1.54, 1.807) is 27.8 Å². The number of nitrogens with zero attached hydrogens (tertiary/aromatic N) is 2. The molecule has 3 heterocycles. The molecular weight excluding hydrogens is 414 g/mol. The van der Waals surface area contributed by atoms with Crippen LogP contribution in [0, 0.1) is 0 Å². The molecule has 1 unspecified atom stereocenters. The number of carbonyl (C=O) groups is 2. The number of thiophene rings is 1. The summed E-state index contributed by atoms with van der Waals surface area (Å²) in [5, 5.41) is 9.26. The van der Waals surface area contributed by atoms with Gasteiger partial charge in [-0.2, -0.15) is 11.3 Å². The number of anilines is 1. The van der Waals surface area contributed by atoms with Crippen LogP contribution in [0.5, 0.6) is 0 Å². The van der Waals surface area contributed by atoms with E-state index in [9.17, 15) is 9.59 Å². The van der Waals surface area contributed by atoms with Crippen molar-refractivity contribution in [2.24, 2.45) is 0 Å². The van der Waals surface area contributed by atoms with Gasteiger partial charge >= 0.3 is 0 Å². The fourth-order valence-corrected chi connectivity index (χ4v) is 4.90. The predicted molar refractivity (Wildman–Crippen MR) is 120 cm³/mol. The van der Waals surface area contributed by atoms with E-state index in [1.807, 2.05) is 60.0 Å². The third-order valence-electron chi connectivity index (χ3n) is 5.13. The predicted octanol–water partition coefficient (Wildman–Crippen LogP) is 5.21. The molecule has 5 rings (SSSR count). The van der Waals surface area contributed by atoms with Gasteiger partial charge in [-0.15, -0.1) is 11.3 Å². The average Bonchev–Trinajstić information content (AvgIpc) is 3.52. The van der Waals surface area contributed by atoms with E-state index < -0.39 is 6.04 Å². The molecule has 4 aromatic rings. The zero-order valence-electron chi connectivity index (χ0n) is 15.8. The average molecular weight is 432 g/mol. The minimum absolute atomic E-state index is 0.134. The normalized spacial score (nSPS) is 13.9. The van der Waals surface area contributed by atoms with E-state index in [4.69, 9.17) is 0 Å². The first-order valence-corrected chi connectivity index (χ1v) is 11.2. The van der Waals surface area contributed by atoms with Crippen LogP contribution in [0.4, 0.5) is 5.13 Å². The maximum atomic E-state index is 13.4. The van der Waals surface area contributed by atoms with Crippen LogP contribution in [0.1, 0.15) is 27.5 Å². The van der Waals surface area contributed by atoms with Crippen LogP contribution in [-0.4, -0.2) is 21.7 Å². The molecule has 0 aliphatic carbocycles. The number of thiazole rings is 1. The molecule has 0 saturated heterocycles. The molecule has 0 saturated carbocycles. The van der Waals surface area contributed by atoms with Crippen molar-refractivity contribution in [1.82, 2.24) is 9.88 Å². The van der Waals surface area contributed by atoms with Gasteiger partial charge in [-0.1, -0.05) is 42.5 Å². The van der Waals surface area contributed by atoms with Crippen molar-refractivity contribution < 1.29 is 9.59 Å². The summed E-state index contributed by atoms with van der Waals surface area (Å²) >= 11 is 2.97. The molecule has 0 radical (unpaired) electrons. The number of rotatable bonds is 5. The molecule has 1 atom stereocenters. The molecule has 2 amide bonds. The van der Waals surface area contributed by atoms with Gasteiger partial charge in [0, 0.05) is 23.7 Å². The highest BCUT2D eigenvalue weighted by atomic mass is 32.1. The van der Waals surface area contributed by atoms with Crippen molar-refractivity contribution in [3.63, 3.8) is 0 Å². The van der Waals surface area contributed by atoms with Crippen LogP contribution < -0.4 is 5.32 Å². The second-order valence-electron chi connectivity index (χ2n) is 6.96. The molecule has 1 aliphatic heterocycles. The number of fused-ring (bicyclic) bond motifs is 1. The Hall–Kier alpha value is -3.29. The minimum Gasteiger partial charge on any atom is -0.318 e. The first-order chi connectivity index (χ1) is 14.7. The number of benzene rings is 2. The Morgan fingerprint density at radius 3 is 2.67 bits per heavy atom. The maximum absolute atomic E-state index is 13.4. The van der Waals surface area contributed by atoms with Crippen molar-refractivity contribution in [3.05, 3.63) is 93.6 Å². The van der Waals surface area contributed by atoms with Crippen LogP contribution in [0.25, 0.3) is 11.1 Å². The third kappa shape index (κ3) is 3.42. The monoisotopic (exact) mass is 431 g/mol. The van der Waals surface area contributed by atoms with Gasteiger partial charge in [-0.3, -0.25) is 14.9 Å². The zero-order chi connectivity index (χ0) is 20.5. The summed E-state index contributed by atoms with van der Waals surface area (Å²) in [4.78, 5) is 32.4. The van der Waals surface area contributed by atoms with Gasteiger partial charge < -0.3 is 4.90 Å². The van der Waals surface area contributed by atoms with Gasteiger partial charge in [0.1, 0.15) is 6.04 Å². The first kappa shape index (κ1) is 18.7. The van der Waals surface area contributed by atoms with Gasteiger partial charge in [0.05, 0.1) is 0 Å². The summed E-state index contributed by atoms with van der Waals surface area (Å²) in [5.41, 5.74) is 4.46. The van der Waals surface area contributed by atoms with Gasteiger partial charge in [0.15, 0.2) is 5.13 Å².